The molecule has 3 rings (SSSR count). The Morgan fingerprint density at radius 2 is 1.29 bits per heavy atom. The number of hydrogen-bond donors (Lipinski definition) is 5. The average molecular weight is 682 g/mol. The number of amides is 4. The molecule has 13 nitrogen and oxygen atoms in total. The summed E-state index contributed by atoms with van der Waals surface area (Å²) >= 11 is 0. The Morgan fingerprint density at radius 1 is 0.750 bits per heavy atom. The molecule has 0 aromatic heterocycles. The van der Waals surface area contributed by atoms with Gasteiger partial charge in [-0.05, 0) is 34.7 Å². The van der Waals surface area contributed by atoms with E-state index in [1.807, 2.05) is 74.5 Å². The highest BCUT2D eigenvalue weighted by Gasteiger charge is 2.30. The average Bonchev–Trinajstić information content (AvgIpc) is 3.05. The van der Waals surface area contributed by atoms with Crippen LogP contribution in [-0.2, 0) is 52.4 Å². The molecule has 0 bridgehead atoms. The van der Waals surface area contributed by atoms with Gasteiger partial charge in [0.1, 0.15) is 11.8 Å². The lowest BCUT2D eigenvalue weighted by Crippen LogP contribution is -2.55. The summed E-state index contributed by atoms with van der Waals surface area (Å²) in [4.78, 5) is 48.5. The molecule has 0 unspecified atom stereocenters. The fourth-order valence-electron chi connectivity index (χ4n) is 4.53. The van der Waals surface area contributed by atoms with Gasteiger partial charge in [-0.2, -0.15) is 0 Å². The minimum atomic E-state index is -4.08. The van der Waals surface area contributed by atoms with Crippen molar-refractivity contribution in [3.63, 3.8) is 0 Å². The van der Waals surface area contributed by atoms with Gasteiger partial charge in [0, 0.05) is 25.9 Å². The molecule has 0 saturated heterocycles. The second-order valence-corrected chi connectivity index (χ2v) is 13.1. The minimum absolute atomic E-state index is 0.000279. The van der Waals surface area contributed by atoms with Crippen molar-refractivity contribution in [3.05, 3.63) is 102 Å². The Morgan fingerprint density at radius 3 is 1.75 bits per heavy atom. The minimum Gasteiger partial charge on any atom is -0.404 e. The van der Waals surface area contributed by atoms with Crippen LogP contribution in [0.4, 0.5) is 0 Å². The fourth-order valence-corrected chi connectivity index (χ4v) is 5.71. The highest BCUT2D eigenvalue weighted by Crippen LogP contribution is 2.51. The molecule has 0 radical (unpaired) electrons. The van der Waals surface area contributed by atoms with Crippen LogP contribution in [0.25, 0.3) is 0 Å². The van der Waals surface area contributed by atoms with E-state index >= 15 is 0 Å². The van der Waals surface area contributed by atoms with Crippen LogP contribution in [-0.4, -0.2) is 48.3 Å². The molecule has 3 aromatic rings. The van der Waals surface area contributed by atoms with Crippen molar-refractivity contribution in [2.75, 3.05) is 6.54 Å². The second-order valence-electron chi connectivity index (χ2n) is 11.6. The second kappa shape index (κ2) is 18.7. The summed E-state index contributed by atoms with van der Waals surface area (Å²) in [6.45, 7) is 5.18. The number of carbonyl (C=O) groups excluding carboxylic acids is 4. The maximum atomic E-state index is 13.7. The normalized spacial score (nSPS) is 13.2. The van der Waals surface area contributed by atoms with E-state index in [0.29, 0.717) is 5.56 Å². The molecule has 0 saturated carbocycles. The van der Waals surface area contributed by atoms with E-state index in [1.54, 1.807) is 24.3 Å². The van der Waals surface area contributed by atoms with E-state index in [1.165, 1.54) is 6.92 Å². The van der Waals surface area contributed by atoms with E-state index in [9.17, 15) is 23.7 Å². The van der Waals surface area contributed by atoms with Crippen molar-refractivity contribution in [1.29, 1.82) is 0 Å². The summed E-state index contributed by atoms with van der Waals surface area (Å²) < 4.78 is 30.9. The molecule has 48 heavy (non-hydrogen) atoms. The molecule has 258 valence electrons. The molecule has 0 aliphatic carbocycles. The van der Waals surface area contributed by atoms with Gasteiger partial charge in [0.2, 0.25) is 23.6 Å². The van der Waals surface area contributed by atoms with E-state index in [4.69, 9.17) is 25.0 Å². The number of nitrogens with one attached hydrogen (secondary N) is 3. The fraction of sp³-hybridized carbons (Fsp3) is 0.353. The van der Waals surface area contributed by atoms with Crippen molar-refractivity contribution in [1.82, 2.24) is 16.0 Å². The number of carbonyl (C=O) groups is 4. The van der Waals surface area contributed by atoms with Crippen LogP contribution in [0.3, 0.4) is 0 Å². The third-order valence-corrected chi connectivity index (χ3v) is 8.53. The molecule has 3 atom stereocenters. The SMILES string of the molecule is CC(=O)N[C@@H](Cc1ccc(OP(=O)(OCc2ccccc2)OCc2ccccc2)cc1)C(=O)N[C@H](CN[C@@H](CC(N)=O)C(N)=O)C(C)C. The van der Waals surface area contributed by atoms with Gasteiger partial charge in [-0.3, -0.25) is 28.2 Å². The van der Waals surface area contributed by atoms with Gasteiger partial charge in [-0.1, -0.05) is 86.6 Å². The van der Waals surface area contributed by atoms with Gasteiger partial charge in [0.05, 0.1) is 25.7 Å². The lowest BCUT2D eigenvalue weighted by atomic mass is 10.0. The summed E-state index contributed by atoms with van der Waals surface area (Å²) in [7, 11) is -4.08. The van der Waals surface area contributed by atoms with Gasteiger partial charge in [-0.25, -0.2) is 4.57 Å². The molecule has 3 aromatic carbocycles. The molecule has 14 heteroatoms. The standard InChI is InChI=1S/C34H44N5O8P/c1-23(2)31(20-37-29(33(36)42)19-32(35)41)39-34(43)30(38-24(3)40)18-25-14-16-28(17-15-25)47-48(44,45-21-26-10-6-4-7-11-26)46-22-27-12-8-5-9-13-27/h4-17,23,29-31,37H,18-22H2,1-3H3,(H2,35,41)(H2,36,42)(H,38,40)(H,39,43)/t29-,30-,31+/m0/s1. The molecule has 4 amide bonds. The maximum absolute atomic E-state index is 13.7. The number of primary amides is 2. The van der Waals surface area contributed by atoms with Crippen LogP contribution in [0, 0.1) is 5.92 Å². The summed E-state index contributed by atoms with van der Waals surface area (Å²) in [6, 6.07) is 22.5. The highest BCUT2D eigenvalue weighted by molar-refractivity contribution is 7.48. The first-order chi connectivity index (χ1) is 22.8. The summed E-state index contributed by atoms with van der Waals surface area (Å²) in [5.74, 6) is -2.16. The summed E-state index contributed by atoms with van der Waals surface area (Å²) in [5.41, 5.74) is 12.8. The van der Waals surface area contributed by atoms with Crippen LogP contribution >= 0.6 is 7.82 Å². The molecular formula is C34H44N5O8P. The van der Waals surface area contributed by atoms with E-state index in [0.717, 1.165) is 11.1 Å². The van der Waals surface area contributed by atoms with E-state index in [-0.39, 0.29) is 44.3 Å². The summed E-state index contributed by atoms with van der Waals surface area (Å²) in [5, 5.41) is 8.48. The highest BCUT2D eigenvalue weighted by atomic mass is 31.2. The zero-order valence-corrected chi connectivity index (χ0v) is 28.2. The number of nitrogens with two attached hydrogens (primary N) is 2. The van der Waals surface area contributed by atoms with E-state index in [2.05, 4.69) is 16.0 Å². The summed E-state index contributed by atoms with van der Waals surface area (Å²) in [6.07, 6.45) is -0.154. The number of rotatable bonds is 20. The Hall–Kier alpha value is -4.55. The zero-order valence-electron chi connectivity index (χ0n) is 27.3. The molecular weight excluding hydrogens is 637 g/mol. The first-order valence-corrected chi connectivity index (χ1v) is 16.9. The predicted octanol–water partition coefficient (Wildman–Crippen LogP) is 3.11. The van der Waals surface area contributed by atoms with Crippen molar-refractivity contribution in [2.45, 2.75) is 65.0 Å². The molecule has 0 aliphatic rings. The van der Waals surface area contributed by atoms with Crippen molar-refractivity contribution >= 4 is 31.5 Å². The van der Waals surface area contributed by atoms with Gasteiger partial charge < -0.3 is 31.9 Å². The van der Waals surface area contributed by atoms with Gasteiger partial charge >= 0.3 is 7.82 Å². The first-order valence-electron chi connectivity index (χ1n) is 15.5. The van der Waals surface area contributed by atoms with E-state index < -0.39 is 49.6 Å². The zero-order chi connectivity index (χ0) is 35.1. The molecule has 0 fully saturated rings. The monoisotopic (exact) mass is 681 g/mol. The molecule has 0 spiro atoms. The maximum Gasteiger partial charge on any atom is 0.530 e. The smallest absolute Gasteiger partial charge is 0.404 e. The lowest BCUT2D eigenvalue weighted by Gasteiger charge is -2.27. The number of phosphoric acid groups is 1. The van der Waals surface area contributed by atoms with Gasteiger partial charge in [0.25, 0.3) is 0 Å². The quantitative estimate of drug-likeness (QED) is 0.111. The number of phosphoric ester groups is 1. The Labute approximate surface area is 280 Å². The Kier molecular flexibility index (Phi) is 14.8. The largest absolute Gasteiger partial charge is 0.530 e. The molecule has 0 aliphatic heterocycles. The van der Waals surface area contributed by atoms with Crippen LogP contribution < -0.4 is 31.9 Å². The third kappa shape index (κ3) is 13.3. The Bertz CT molecular complexity index is 1490. The van der Waals surface area contributed by atoms with Gasteiger partial charge in [0.15, 0.2) is 0 Å². The van der Waals surface area contributed by atoms with Crippen molar-refractivity contribution in [2.24, 2.45) is 17.4 Å². The first kappa shape index (κ1) is 37.9. The van der Waals surface area contributed by atoms with Crippen molar-refractivity contribution < 1.29 is 37.3 Å². The van der Waals surface area contributed by atoms with Gasteiger partial charge in [-0.15, -0.1) is 0 Å². The van der Waals surface area contributed by atoms with Crippen LogP contribution in [0.1, 0.15) is 43.9 Å². The lowest BCUT2D eigenvalue weighted by molar-refractivity contribution is -0.128. The Balaban J connectivity index is 1.69. The van der Waals surface area contributed by atoms with Crippen LogP contribution in [0.5, 0.6) is 5.75 Å². The molecule has 0 heterocycles. The predicted molar refractivity (Wildman–Crippen MR) is 180 cm³/mol. The third-order valence-electron chi connectivity index (χ3n) is 7.20. The number of hydrogen-bond acceptors (Lipinski definition) is 9. The van der Waals surface area contributed by atoms with Crippen LogP contribution in [0.2, 0.25) is 0 Å². The van der Waals surface area contributed by atoms with Crippen LogP contribution in [0.15, 0.2) is 84.9 Å². The molecule has 7 N–H and O–H groups in total. The topological polar surface area (TPSA) is 201 Å². The number of benzene rings is 3. The van der Waals surface area contributed by atoms with Crippen molar-refractivity contribution in [3.8, 4) is 5.75 Å².